The fraction of sp³-hybridized carbons (Fsp3) is 0.350. The summed E-state index contributed by atoms with van der Waals surface area (Å²) < 4.78 is 11.4. The van der Waals surface area contributed by atoms with Crippen LogP contribution in [0.4, 0.5) is 0 Å². The maximum Gasteiger partial charge on any atom is 0.251 e. The molecule has 1 unspecified atom stereocenters. The largest absolute Gasteiger partial charge is 0.490 e. The molecule has 0 spiro atoms. The number of fused-ring (bicyclic) bond motifs is 1. The first kappa shape index (κ1) is 16.4. The Balaban J connectivity index is 1.77. The summed E-state index contributed by atoms with van der Waals surface area (Å²) in [5.74, 6) is 1.47. The summed E-state index contributed by atoms with van der Waals surface area (Å²) in [5, 5.41) is 3.11. The van der Waals surface area contributed by atoms with E-state index in [-0.39, 0.29) is 11.9 Å². The molecule has 1 amide bonds. The zero-order valence-electron chi connectivity index (χ0n) is 14.2. The predicted molar refractivity (Wildman–Crippen MR) is 93.7 cm³/mol. The molecule has 1 N–H and O–H groups in total. The van der Waals surface area contributed by atoms with E-state index in [1.807, 2.05) is 49.4 Å². The monoisotopic (exact) mass is 325 g/mol. The molecular weight excluding hydrogens is 302 g/mol. The second kappa shape index (κ2) is 7.39. The third-order valence-corrected chi connectivity index (χ3v) is 4.20. The summed E-state index contributed by atoms with van der Waals surface area (Å²) in [6.45, 7) is 5.40. The Labute approximate surface area is 142 Å². The van der Waals surface area contributed by atoms with Crippen molar-refractivity contribution in [3.05, 3.63) is 59.2 Å². The molecule has 0 radical (unpaired) electrons. The van der Waals surface area contributed by atoms with Gasteiger partial charge in [-0.25, -0.2) is 0 Å². The van der Waals surface area contributed by atoms with Gasteiger partial charge in [0.25, 0.3) is 5.91 Å². The fourth-order valence-corrected chi connectivity index (χ4v) is 2.76. The molecule has 3 rings (SSSR count). The molecule has 2 aromatic rings. The van der Waals surface area contributed by atoms with Crippen LogP contribution in [0.5, 0.6) is 11.5 Å². The first-order valence-electron chi connectivity index (χ1n) is 8.44. The molecule has 4 nitrogen and oxygen atoms in total. The number of rotatable bonds is 4. The van der Waals surface area contributed by atoms with Crippen LogP contribution in [0.15, 0.2) is 42.5 Å². The Morgan fingerprint density at radius 3 is 2.50 bits per heavy atom. The zero-order valence-corrected chi connectivity index (χ0v) is 14.2. The highest BCUT2D eigenvalue weighted by atomic mass is 16.5. The van der Waals surface area contributed by atoms with Crippen LogP contribution in [0.25, 0.3) is 0 Å². The summed E-state index contributed by atoms with van der Waals surface area (Å²) in [5.41, 5.74) is 2.84. The van der Waals surface area contributed by atoms with Crippen molar-refractivity contribution in [2.24, 2.45) is 0 Å². The SMILES string of the molecule is CCC(NC(=O)c1ccc(C)cc1)c1ccc2c(c1)OCCCO2. The Hall–Kier alpha value is -2.49. The number of ether oxygens (including phenoxy) is 2. The maximum absolute atomic E-state index is 12.5. The molecule has 24 heavy (non-hydrogen) atoms. The minimum absolute atomic E-state index is 0.0593. The summed E-state index contributed by atoms with van der Waals surface area (Å²) in [6, 6.07) is 13.4. The van der Waals surface area contributed by atoms with E-state index < -0.39 is 0 Å². The van der Waals surface area contributed by atoms with Crippen LogP contribution in [0.1, 0.15) is 47.3 Å². The van der Waals surface area contributed by atoms with E-state index in [1.54, 1.807) is 0 Å². The van der Waals surface area contributed by atoms with E-state index >= 15 is 0 Å². The van der Waals surface area contributed by atoms with Gasteiger partial charge in [0, 0.05) is 12.0 Å². The fourth-order valence-electron chi connectivity index (χ4n) is 2.76. The van der Waals surface area contributed by atoms with Crippen molar-refractivity contribution in [3.8, 4) is 11.5 Å². The van der Waals surface area contributed by atoms with E-state index in [2.05, 4.69) is 12.2 Å². The minimum atomic E-state index is -0.0611. The van der Waals surface area contributed by atoms with Crippen molar-refractivity contribution < 1.29 is 14.3 Å². The molecule has 0 saturated heterocycles. The lowest BCUT2D eigenvalue weighted by atomic mass is 10.0. The molecule has 0 aromatic heterocycles. The quantitative estimate of drug-likeness (QED) is 0.923. The molecule has 0 aliphatic carbocycles. The van der Waals surface area contributed by atoms with Crippen molar-refractivity contribution in [1.29, 1.82) is 0 Å². The first-order valence-corrected chi connectivity index (χ1v) is 8.44. The summed E-state index contributed by atoms with van der Waals surface area (Å²) in [6.07, 6.45) is 1.68. The van der Waals surface area contributed by atoms with Crippen molar-refractivity contribution in [3.63, 3.8) is 0 Å². The van der Waals surface area contributed by atoms with Gasteiger partial charge in [-0.15, -0.1) is 0 Å². The third kappa shape index (κ3) is 3.70. The van der Waals surface area contributed by atoms with Gasteiger partial charge in [-0.3, -0.25) is 4.79 Å². The summed E-state index contributed by atoms with van der Waals surface area (Å²) in [4.78, 5) is 12.5. The van der Waals surface area contributed by atoms with Gasteiger partial charge >= 0.3 is 0 Å². The predicted octanol–water partition coefficient (Wildman–Crippen LogP) is 4.04. The van der Waals surface area contributed by atoms with E-state index in [4.69, 9.17) is 9.47 Å². The van der Waals surface area contributed by atoms with Crippen LogP contribution >= 0.6 is 0 Å². The molecule has 1 heterocycles. The highest BCUT2D eigenvalue weighted by Gasteiger charge is 2.17. The molecule has 0 bridgehead atoms. The number of aryl methyl sites for hydroxylation is 1. The van der Waals surface area contributed by atoms with Gasteiger partial charge in [0.15, 0.2) is 11.5 Å². The van der Waals surface area contributed by atoms with E-state index in [0.29, 0.717) is 18.8 Å². The normalized spacial score (nSPS) is 14.6. The van der Waals surface area contributed by atoms with Crippen molar-refractivity contribution >= 4 is 5.91 Å². The number of hydrogen-bond donors (Lipinski definition) is 1. The molecule has 2 aromatic carbocycles. The van der Waals surface area contributed by atoms with Crippen LogP contribution in [0.2, 0.25) is 0 Å². The number of hydrogen-bond acceptors (Lipinski definition) is 3. The van der Waals surface area contributed by atoms with Crippen LogP contribution in [0.3, 0.4) is 0 Å². The Kier molecular flexibility index (Phi) is 5.04. The van der Waals surface area contributed by atoms with E-state index in [1.165, 1.54) is 0 Å². The molecule has 0 saturated carbocycles. The minimum Gasteiger partial charge on any atom is -0.490 e. The highest BCUT2D eigenvalue weighted by Crippen LogP contribution is 2.33. The summed E-state index contributed by atoms with van der Waals surface area (Å²) >= 11 is 0. The molecule has 4 heteroatoms. The van der Waals surface area contributed by atoms with Gasteiger partial charge in [0.1, 0.15) is 0 Å². The Morgan fingerprint density at radius 2 is 1.79 bits per heavy atom. The second-order valence-corrected chi connectivity index (χ2v) is 6.06. The summed E-state index contributed by atoms with van der Waals surface area (Å²) in [7, 11) is 0. The van der Waals surface area contributed by atoms with Crippen LogP contribution in [-0.2, 0) is 0 Å². The van der Waals surface area contributed by atoms with Gasteiger partial charge in [-0.2, -0.15) is 0 Å². The van der Waals surface area contributed by atoms with Crippen molar-refractivity contribution in [2.45, 2.75) is 32.7 Å². The Bertz CT molecular complexity index is 709. The molecule has 1 atom stereocenters. The molecular formula is C20H23NO3. The van der Waals surface area contributed by atoms with Crippen molar-refractivity contribution in [1.82, 2.24) is 5.32 Å². The average Bonchev–Trinajstić information content (AvgIpc) is 2.84. The smallest absolute Gasteiger partial charge is 0.251 e. The molecule has 1 aliphatic heterocycles. The maximum atomic E-state index is 12.5. The van der Waals surface area contributed by atoms with Crippen molar-refractivity contribution in [2.75, 3.05) is 13.2 Å². The van der Waals surface area contributed by atoms with Gasteiger partial charge in [-0.1, -0.05) is 30.7 Å². The van der Waals surface area contributed by atoms with Gasteiger partial charge in [0.05, 0.1) is 19.3 Å². The lowest BCUT2D eigenvalue weighted by Gasteiger charge is -2.19. The van der Waals surface area contributed by atoms with Gasteiger partial charge in [-0.05, 0) is 43.2 Å². The Morgan fingerprint density at radius 1 is 1.08 bits per heavy atom. The number of benzene rings is 2. The lowest BCUT2D eigenvalue weighted by Crippen LogP contribution is -2.28. The third-order valence-electron chi connectivity index (χ3n) is 4.20. The number of carbonyl (C=O) groups excluding carboxylic acids is 1. The van der Waals surface area contributed by atoms with Crippen LogP contribution in [-0.4, -0.2) is 19.1 Å². The molecule has 1 aliphatic rings. The molecule has 0 fully saturated rings. The highest BCUT2D eigenvalue weighted by molar-refractivity contribution is 5.94. The van der Waals surface area contributed by atoms with Gasteiger partial charge < -0.3 is 14.8 Å². The lowest BCUT2D eigenvalue weighted by molar-refractivity contribution is 0.0935. The topological polar surface area (TPSA) is 47.6 Å². The molecule has 126 valence electrons. The van der Waals surface area contributed by atoms with E-state index in [9.17, 15) is 4.79 Å². The van der Waals surface area contributed by atoms with Gasteiger partial charge in [0.2, 0.25) is 0 Å². The second-order valence-electron chi connectivity index (χ2n) is 6.06. The standard InChI is InChI=1S/C20H23NO3/c1-3-17(21-20(22)15-7-5-14(2)6-8-15)16-9-10-18-19(13-16)24-12-4-11-23-18/h5-10,13,17H,3-4,11-12H2,1-2H3,(H,21,22). The number of carbonyl (C=O) groups is 1. The number of nitrogens with one attached hydrogen (secondary N) is 1. The average molecular weight is 325 g/mol. The first-order chi connectivity index (χ1) is 11.7. The zero-order chi connectivity index (χ0) is 16.9. The van der Waals surface area contributed by atoms with Crippen LogP contribution in [0, 0.1) is 6.92 Å². The van der Waals surface area contributed by atoms with E-state index in [0.717, 1.165) is 35.5 Å². The number of amides is 1. The van der Waals surface area contributed by atoms with Crippen LogP contribution < -0.4 is 14.8 Å².